The number of benzene rings is 5. The minimum atomic E-state index is 0.0415. The predicted molar refractivity (Wildman–Crippen MR) is 178 cm³/mol. The largest absolute Gasteiger partial charge is 0.456 e. The highest BCUT2D eigenvalue weighted by atomic mass is 16.3. The first-order valence-corrected chi connectivity index (χ1v) is 14.9. The molecule has 0 spiro atoms. The molecule has 4 heteroatoms. The van der Waals surface area contributed by atoms with Crippen molar-refractivity contribution in [2.75, 3.05) is 0 Å². The van der Waals surface area contributed by atoms with Crippen molar-refractivity contribution in [2.24, 2.45) is 0 Å². The lowest BCUT2D eigenvalue weighted by molar-refractivity contribution is 0.590. The topological polar surface area (TPSA) is 51.8 Å². The molecule has 212 valence electrons. The summed E-state index contributed by atoms with van der Waals surface area (Å²) in [6.45, 7) is 13.4. The number of para-hydroxylation sites is 1. The van der Waals surface area contributed by atoms with Gasteiger partial charge in [-0.3, -0.25) is 0 Å². The first-order chi connectivity index (χ1) is 20.6. The summed E-state index contributed by atoms with van der Waals surface area (Å²) in [7, 11) is 0. The Morgan fingerprint density at radius 3 is 1.91 bits per heavy atom. The molecule has 0 fully saturated rings. The van der Waals surface area contributed by atoms with E-state index in [9.17, 15) is 0 Å². The molecule has 7 rings (SSSR count). The standard InChI is InChI=1S/C39H35N3O/c1-38(2,3)27-20-17-24(18-21-27)35-40-36(26-19-22-28-25(23-26)11-9-14-31(28)39(4,5)6)42-37(41-35)30-13-10-16-33-34(30)29-12-7-8-15-32(29)43-33/h7-23H,1-6H3. The van der Waals surface area contributed by atoms with Crippen LogP contribution in [0, 0.1) is 0 Å². The van der Waals surface area contributed by atoms with Gasteiger partial charge in [-0.15, -0.1) is 0 Å². The van der Waals surface area contributed by atoms with Gasteiger partial charge < -0.3 is 4.42 Å². The van der Waals surface area contributed by atoms with Crippen LogP contribution >= 0.6 is 0 Å². The van der Waals surface area contributed by atoms with E-state index in [2.05, 4.69) is 114 Å². The fraction of sp³-hybridized carbons (Fsp3) is 0.205. The molecule has 0 aliphatic rings. The Hall–Kier alpha value is -4.83. The molecule has 0 unspecified atom stereocenters. The minimum Gasteiger partial charge on any atom is -0.456 e. The van der Waals surface area contributed by atoms with Gasteiger partial charge in [0.1, 0.15) is 11.2 Å². The van der Waals surface area contributed by atoms with Crippen molar-refractivity contribution in [3.8, 4) is 34.2 Å². The van der Waals surface area contributed by atoms with Crippen LogP contribution in [0.15, 0.2) is 108 Å². The van der Waals surface area contributed by atoms with Gasteiger partial charge in [0, 0.05) is 27.5 Å². The Kier molecular flexibility index (Phi) is 6.21. The summed E-state index contributed by atoms with van der Waals surface area (Å²) in [5.41, 5.74) is 7.20. The number of fused-ring (bicyclic) bond motifs is 4. The van der Waals surface area contributed by atoms with E-state index in [0.717, 1.165) is 38.6 Å². The minimum absolute atomic E-state index is 0.0415. The second-order valence-corrected chi connectivity index (χ2v) is 13.4. The van der Waals surface area contributed by atoms with E-state index in [1.165, 1.54) is 21.9 Å². The quantitative estimate of drug-likeness (QED) is 0.215. The van der Waals surface area contributed by atoms with E-state index in [0.29, 0.717) is 17.5 Å². The lowest BCUT2D eigenvalue weighted by Crippen LogP contribution is -2.11. The van der Waals surface area contributed by atoms with E-state index in [-0.39, 0.29) is 10.8 Å². The number of nitrogens with zero attached hydrogens (tertiary/aromatic N) is 3. The first kappa shape index (κ1) is 27.0. The Labute approximate surface area is 252 Å². The molecule has 0 amide bonds. The van der Waals surface area contributed by atoms with Crippen molar-refractivity contribution < 1.29 is 4.42 Å². The van der Waals surface area contributed by atoms with Crippen LogP contribution in [0.1, 0.15) is 52.7 Å². The van der Waals surface area contributed by atoms with Crippen LogP contribution in [-0.2, 0) is 10.8 Å². The second-order valence-electron chi connectivity index (χ2n) is 13.4. The zero-order valence-corrected chi connectivity index (χ0v) is 25.6. The molecule has 7 aromatic rings. The van der Waals surface area contributed by atoms with Crippen molar-refractivity contribution in [2.45, 2.75) is 52.4 Å². The molecule has 0 atom stereocenters. The summed E-state index contributed by atoms with van der Waals surface area (Å²) >= 11 is 0. The monoisotopic (exact) mass is 561 g/mol. The zero-order chi connectivity index (χ0) is 29.9. The molecule has 5 aromatic carbocycles. The Bertz CT molecular complexity index is 2140. The molecule has 0 aliphatic heterocycles. The van der Waals surface area contributed by atoms with Crippen LogP contribution in [-0.4, -0.2) is 15.0 Å². The number of aromatic nitrogens is 3. The Morgan fingerprint density at radius 1 is 0.512 bits per heavy atom. The highest BCUT2D eigenvalue weighted by molar-refractivity contribution is 6.11. The van der Waals surface area contributed by atoms with E-state index < -0.39 is 0 Å². The highest BCUT2D eigenvalue weighted by Gasteiger charge is 2.20. The SMILES string of the molecule is CC(C)(C)c1ccc(-c2nc(-c3ccc4c(C(C)(C)C)cccc4c3)nc(-c3cccc4oc5ccccc5c34)n2)cc1. The molecular weight excluding hydrogens is 526 g/mol. The smallest absolute Gasteiger partial charge is 0.164 e. The molecule has 2 heterocycles. The molecule has 2 aromatic heterocycles. The third-order valence-corrected chi connectivity index (χ3v) is 8.23. The normalized spacial score (nSPS) is 12.4. The summed E-state index contributed by atoms with van der Waals surface area (Å²) in [6.07, 6.45) is 0. The van der Waals surface area contributed by atoms with Gasteiger partial charge in [0.15, 0.2) is 17.5 Å². The van der Waals surface area contributed by atoms with E-state index in [1.54, 1.807) is 0 Å². The lowest BCUT2D eigenvalue weighted by Gasteiger charge is -2.21. The van der Waals surface area contributed by atoms with Gasteiger partial charge in [0.05, 0.1) is 0 Å². The molecule has 0 saturated heterocycles. The van der Waals surface area contributed by atoms with Crippen molar-refractivity contribution in [3.63, 3.8) is 0 Å². The number of hydrogen-bond donors (Lipinski definition) is 0. The summed E-state index contributed by atoms with van der Waals surface area (Å²) in [5, 5.41) is 4.48. The van der Waals surface area contributed by atoms with Crippen LogP contribution in [0.4, 0.5) is 0 Å². The molecule has 43 heavy (non-hydrogen) atoms. The van der Waals surface area contributed by atoms with Crippen molar-refractivity contribution in [1.29, 1.82) is 0 Å². The Balaban J connectivity index is 1.46. The molecular formula is C39H35N3O. The van der Waals surface area contributed by atoms with Crippen molar-refractivity contribution in [3.05, 3.63) is 114 Å². The van der Waals surface area contributed by atoms with Gasteiger partial charge >= 0.3 is 0 Å². The maximum absolute atomic E-state index is 6.20. The third kappa shape index (κ3) is 4.87. The van der Waals surface area contributed by atoms with Crippen molar-refractivity contribution >= 4 is 32.7 Å². The highest BCUT2D eigenvalue weighted by Crippen LogP contribution is 2.37. The number of rotatable bonds is 3. The van der Waals surface area contributed by atoms with Crippen molar-refractivity contribution in [1.82, 2.24) is 15.0 Å². The second kappa shape index (κ2) is 9.88. The summed E-state index contributed by atoms with van der Waals surface area (Å²) in [5.74, 6) is 1.92. The number of hydrogen-bond acceptors (Lipinski definition) is 4. The van der Waals surface area contributed by atoms with Crippen LogP contribution in [0.5, 0.6) is 0 Å². The van der Waals surface area contributed by atoms with Crippen LogP contribution in [0.2, 0.25) is 0 Å². The van der Waals surface area contributed by atoms with Gasteiger partial charge in [0.25, 0.3) is 0 Å². The van der Waals surface area contributed by atoms with Gasteiger partial charge in [-0.05, 0) is 50.9 Å². The van der Waals surface area contributed by atoms with Gasteiger partial charge in [0.2, 0.25) is 0 Å². The predicted octanol–water partition coefficient (Wildman–Crippen LogP) is 10.5. The van der Waals surface area contributed by atoms with Gasteiger partial charge in [-0.25, -0.2) is 15.0 Å². The molecule has 0 radical (unpaired) electrons. The molecule has 0 N–H and O–H groups in total. The maximum Gasteiger partial charge on any atom is 0.164 e. The Morgan fingerprint density at radius 2 is 1.16 bits per heavy atom. The molecule has 0 saturated carbocycles. The zero-order valence-electron chi connectivity index (χ0n) is 25.6. The van der Waals surface area contributed by atoms with Crippen LogP contribution < -0.4 is 0 Å². The van der Waals surface area contributed by atoms with Crippen LogP contribution in [0.3, 0.4) is 0 Å². The fourth-order valence-electron chi connectivity index (χ4n) is 5.91. The first-order valence-electron chi connectivity index (χ1n) is 14.9. The van der Waals surface area contributed by atoms with Gasteiger partial charge in [-0.1, -0.05) is 126 Å². The maximum atomic E-state index is 6.20. The van der Waals surface area contributed by atoms with Gasteiger partial charge in [-0.2, -0.15) is 0 Å². The number of furan rings is 1. The molecule has 0 aliphatic carbocycles. The van der Waals surface area contributed by atoms with E-state index in [4.69, 9.17) is 19.4 Å². The average molecular weight is 562 g/mol. The van der Waals surface area contributed by atoms with E-state index in [1.807, 2.05) is 30.3 Å². The third-order valence-electron chi connectivity index (χ3n) is 8.23. The fourth-order valence-corrected chi connectivity index (χ4v) is 5.91. The lowest BCUT2D eigenvalue weighted by atomic mass is 9.83. The summed E-state index contributed by atoms with van der Waals surface area (Å²) in [6, 6.07) is 35.9. The molecule has 4 nitrogen and oxygen atoms in total. The van der Waals surface area contributed by atoms with E-state index >= 15 is 0 Å². The summed E-state index contributed by atoms with van der Waals surface area (Å²) < 4.78 is 6.20. The van der Waals surface area contributed by atoms with Crippen LogP contribution in [0.25, 0.3) is 66.9 Å². The average Bonchev–Trinajstić information content (AvgIpc) is 3.38. The molecule has 0 bridgehead atoms. The summed E-state index contributed by atoms with van der Waals surface area (Å²) in [4.78, 5) is 15.2.